The Balaban J connectivity index is 2.80. The van der Waals surface area contributed by atoms with E-state index in [2.05, 4.69) is 20.9 Å². The van der Waals surface area contributed by atoms with Crippen molar-refractivity contribution in [3.8, 4) is 0 Å². The Morgan fingerprint density at radius 3 is 2.77 bits per heavy atom. The lowest BCUT2D eigenvalue weighted by atomic mass is 10.1. The molecule has 72 valence electrons. The predicted octanol–water partition coefficient (Wildman–Crippen LogP) is 1.98. The van der Waals surface area contributed by atoms with E-state index < -0.39 is 12.5 Å². The molecule has 0 aliphatic heterocycles. The molecule has 0 aromatic carbocycles. The van der Waals surface area contributed by atoms with Gasteiger partial charge in [0, 0.05) is 23.3 Å². The van der Waals surface area contributed by atoms with Crippen LogP contribution in [0.15, 0.2) is 22.9 Å². The molecule has 0 unspecified atom stereocenters. The van der Waals surface area contributed by atoms with Crippen molar-refractivity contribution in [2.75, 3.05) is 6.54 Å². The Hall–Kier alpha value is -0.550. The maximum atomic E-state index is 12.9. The molecule has 0 bridgehead atoms. The first-order valence-electron chi connectivity index (χ1n) is 3.71. The van der Waals surface area contributed by atoms with Crippen molar-refractivity contribution in [3.05, 3.63) is 28.5 Å². The largest absolute Gasteiger partial charge is 0.325 e. The van der Waals surface area contributed by atoms with E-state index >= 15 is 0 Å². The summed E-state index contributed by atoms with van der Waals surface area (Å²) in [4.78, 5) is 3.78. The standard InChI is InChI=1S/C8H9BrF2N2/c9-7-4-13-2-1-6(7)3-8(10,11)5-12/h1-2,4H,3,5,12H2. The van der Waals surface area contributed by atoms with E-state index in [1.54, 1.807) is 6.07 Å². The fraction of sp³-hybridized carbons (Fsp3) is 0.375. The maximum Gasteiger partial charge on any atom is 0.264 e. The van der Waals surface area contributed by atoms with Crippen LogP contribution in [-0.2, 0) is 6.42 Å². The minimum atomic E-state index is -2.84. The van der Waals surface area contributed by atoms with Crippen molar-refractivity contribution in [2.24, 2.45) is 5.73 Å². The van der Waals surface area contributed by atoms with Gasteiger partial charge in [0.2, 0.25) is 0 Å². The molecule has 0 spiro atoms. The molecule has 5 heteroatoms. The fourth-order valence-electron chi connectivity index (χ4n) is 0.898. The molecule has 1 rings (SSSR count). The zero-order valence-electron chi connectivity index (χ0n) is 6.80. The summed E-state index contributed by atoms with van der Waals surface area (Å²) in [6.45, 7) is -0.637. The molecule has 1 heterocycles. The Kier molecular flexibility index (Phi) is 3.33. The van der Waals surface area contributed by atoms with E-state index in [0.29, 0.717) is 10.0 Å². The van der Waals surface area contributed by atoms with Crippen LogP contribution < -0.4 is 5.73 Å². The van der Waals surface area contributed by atoms with Gasteiger partial charge < -0.3 is 5.73 Å². The Morgan fingerprint density at radius 1 is 1.54 bits per heavy atom. The van der Waals surface area contributed by atoms with Gasteiger partial charge in [0.1, 0.15) is 0 Å². The van der Waals surface area contributed by atoms with Crippen molar-refractivity contribution >= 4 is 15.9 Å². The van der Waals surface area contributed by atoms with Gasteiger partial charge in [-0.3, -0.25) is 4.98 Å². The smallest absolute Gasteiger partial charge is 0.264 e. The first-order chi connectivity index (χ1) is 6.05. The van der Waals surface area contributed by atoms with E-state index in [0.717, 1.165) is 0 Å². The van der Waals surface area contributed by atoms with Crippen LogP contribution in [0.2, 0.25) is 0 Å². The second-order valence-electron chi connectivity index (χ2n) is 2.70. The van der Waals surface area contributed by atoms with Gasteiger partial charge >= 0.3 is 0 Å². The van der Waals surface area contributed by atoms with Crippen LogP contribution in [0.5, 0.6) is 0 Å². The molecule has 0 amide bonds. The summed E-state index contributed by atoms with van der Waals surface area (Å²) < 4.78 is 26.3. The number of aromatic nitrogens is 1. The number of nitrogens with two attached hydrogens (primary N) is 1. The highest BCUT2D eigenvalue weighted by atomic mass is 79.9. The zero-order valence-corrected chi connectivity index (χ0v) is 8.39. The number of nitrogens with zero attached hydrogens (tertiary/aromatic N) is 1. The molecule has 0 atom stereocenters. The van der Waals surface area contributed by atoms with Crippen LogP contribution in [-0.4, -0.2) is 17.5 Å². The second-order valence-corrected chi connectivity index (χ2v) is 3.56. The van der Waals surface area contributed by atoms with Crippen molar-refractivity contribution in [1.29, 1.82) is 0 Å². The normalized spacial score (nSPS) is 11.7. The average Bonchev–Trinajstić information content (AvgIpc) is 2.09. The number of alkyl halides is 2. The summed E-state index contributed by atoms with van der Waals surface area (Å²) in [6, 6.07) is 1.55. The highest BCUT2D eigenvalue weighted by Gasteiger charge is 2.27. The molecule has 0 radical (unpaired) electrons. The van der Waals surface area contributed by atoms with Gasteiger partial charge in [-0.25, -0.2) is 8.78 Å². The van der Waals surface area contributed by atoms with E-state index in [1.165, 1.54) is 12.4 Å². The lowest BCUT2D eigenvalue weighted by Gasteiger charge is -2.14. The molecule has 0 aliphatic carbocycles. The lowest BCUT2D eigenvalue weighted by Crippen LogP contribution is -2.30. The second kappa shape index (κ2) is 4.11. The highest BCUT2D eigenvalue weighted by Crippen LogP contribution is 2.23. The first kappa shape index (κ1) is 10.5. The minimum Gasteiger partial charge on any atom is -0.325 e. The molecule has 13 heavy (non-hydrogen) atoms. The van der Waals surface area contributed by atoms with Gasteiger partial charge in [0.25, 0.3) is 5.92 Å². The number of halogens is 3. The molecule has 1 aromatic heterocycles. The Morgan fingerprint density at radius 2 is 2.23 bits per heavy atom. The number of hydrogen-bond donors (Lipinski definition) is 1. The summed E-state index contributed by atoms with van der Waals surface area (Å²) in [5, 5.41) is 0. The third kappa shape index (κ3) is 3.00. The van der Waals surface area contributed by atoms with Crippen LogP contribution in [0.4, 0.5) is 8.78 Å². The molecule has 0 aliphatic rings. The van der Waals surface area contributed by atoms with E-state index in [-0.39, 0.29) is 6.42 Å². The SMILES string of the molecule is NCC(F)(F)Cc1ccncc1Br. The predicted molar refractivity (Wildman–Crippen MR) is 49.6 cm³/mol. The Labute approximate surface area is 83.3 Å². The van der Waals surface area contributed by atoms with Gasteiger partial charge in [-0.15, -0.1) is 0 Å². The zero-order chi connectivity index (χ0) is 9.90. The van der Waals surface area contributed by atoms with Crippen LogP contribution in [0.3, 0.4) is 0 Å². The summed E-state index contributed by atoms with van der Waals surface area (Å²) in [7, 11) is 0. The van der Waals surface area contributed by atoms with Crippen molar-refractivity contribution in [2.45, 2.75) is 12.3 Å². The molecule has 0 saturated heterocycles. The maximum absolute atomic E-state index is 12.9. The third-order valence-electron chi connectivity index (χ3n) is 1.60. The van der Waals surface area contributed by atoms with Crippen LogP contribution in [0.25, 0.3) is 0 Å². The molecular formula is C8H9BrF2N2. The van der Waals surface area contributed by atoms with E-state index in [1.807, 2.05) is 0 Å². The van der Waals surface area contributed by atoms with Gasteiger partial charge in [0.05, 0.1) is 6.54 Å². The van der Waals surface area contributed by atoms with Gasteiger partial charge in [0.15, 0.2) is 0 Å². The Bertz CT molecular complexity index is 291. The molecule has 1 aromatic rings. The summed E-state index contributed by atoms with van der Waals surface area (Å²) in [6.07, 6.45) is 2.61. The first-order valence-corrected chi connectivity index (χ1v) is 4.51. The summed E-state index contributed by atoms with van der Waals surface area (Å²) in [5.41, 5.74) is 5.44. The quantitative estimate of drug-likeness (QED) is 0.892. The van der Waals surface area contributed by atoms with Gasteiger partial charge in [-0.1, -0.05) is 0 Å². The summed E-state index contributed by atoms with van der Waals surface area (Å²) in [5.74, 6) is -2.84. The summed E-state index contributed by atoms with van der Waals surface area (Å²) >= 11 is 3.14. The van der Waals surface area contributed by atoms with Crippen molar-refractivity contribution in [3.63, 3.8) is 0 Å². The molecular weight excluding hydrogens is 242 g/mol. The lowest BCUT2D eigenvalue weighted by molar-refractivity contribution is 0.0113. The molecule has 0 fully saturated rings. The minimum absolute atomic E-state index is 0.355. The molecule has 2 nitrogen and oxygen atoms in total. The highest BCUT2D eigenvalue weighted by molar-refractivity contribution is 9.10. The van der Waals surface area contributed by atoms with Gasteiger partial charge in [-0.05, 0) is 27.6 Å². The average molecular weight is 251 g/mol. The van der Waals surface area contributed by atoms with Crippen molar-refractivity contribution < 1.29 is 8.78 Å². The van der Waals surface area contributed by atoms with Crippen LogP contribution >= 0.6 is 15.9 Å². The number of rotatable bonds is 3. The van der Waals surface area contributed by atoms with E-state index in [9.17, 15) is 8.78 Å². The van der Waals surface area contributed by atoms with Crippen molar-refractivity contribution in [1.82, 2.24) is 4.98 Å². The van der Waals surface area contributed by atoms with E-state index in [4.69, 9.17) is 5.73 Å². The van der Waals surface area contributed by atoms with Gasteiger partial charge in [-0.2, -0.15) is 0 Å². The molecule has 2 N–H and O–H groups in total. The van der Waals surface area contributed by atoms with Crippen LogP contribution in [0, 0.1) is 0 Å². The van der Waals surface area contributed by atoms with Crippen LogP contribution in [0.1, 0.15) is 5.56 Å². The molecule has 0 saturated carbocycles. The third-order valence-corrected chi connectivity index (χ3v) is 2.32. The number of hydrogen-bond acceptors (Lipinski definition) is 2. The fourth-order valence-corrected chi connectivity index (χ4v) is 1.29. The monoisotopic (exact) mass is 250 g/mol. The number of pyridine rings is 1. The topological polar surface area (TPSA) is 38.9 Å².